The fraction of sp³-hybridized carbons (Fsp3) is 0.125. The van der Waals surface area contributed by atoms with Gasteiger partial charge in [0.2, 0.25) is 0 Å². The number of carbonyl (C=O) groups is 1. The first kappa shape index (κ1) is 13.9. The zero-order valence-corrected chi connectivity index (χ0v) is 7.30. The van der Waals surface area contributed by atoms with E-state index in [9.17, 15) is 14.9 Å². The van der Waals surface area contributed by atoms with Gasteiger partial charge in [-0.3, -0.25) is 4.84 Å². The molecule has 0 aliphatic rings. The number of rotatable bonds is 3. The van der Waals surface area contributed by atoms with E-state index in [0.29, 0.717) is 0 Å². The van der Waals surface area contributed by atoms with Crippen molar-refractivity contribution in [1.29, 1.82) is 0 Å². The van der Waals surface area contributed by atoms with Crippen LogP contribution in [0.1, 0.15) is 10.4 Å². The fourth-order valence-corrected chi connectivity index (χ4v) is 0.905. The number of benzene rings is 1. The molecule has 15 heavy (non-hydrogen) atoms. The van der Waals surface area contributed by atoms with Crippen molar-refractivity contribution in [2.75, 3.05) is 7.11 Å². The van der Waals surface area contributed by atoms with Gasteiger partial charge in [0.05, 0.1) is 12.7 Å². The number of hydrogen-bond acceptors (Lipinski definition) is 5. The summed E-state index contributed by atoms with van der Waals surface area (Å²) in [7, 11) is 1.19. The van der Waals surface area contributed by atoms with E-state index in [1.165, 1.54) is 25.3 Å². The van der Waals surface area contributed by atoms with Gasteiger partial charge in [-0.05, 0) is 12.1 Å². The van der Waals surface area contributed by atoms with Gasteiger partial charge in [0, 0.05) is 0 Å². The Labute approximate surface area is 108 Å². The molecule has 6 nitrogen and oxygen atoms in total. The summed E-state index contributed by atoms with van der Waals surface area (Å²) in [4.78, 5) is 25.3. The monoisotopic (exact) mass is 221 g/mol. The van der Waals surface area contributed by atoms with E-state index in [2.05, 4.69) is 9.57 Å². The molecule has 0 amide bonds. The van der Waals surface area contributed by atoms with Crippen molar-refractivity contribution in [2.24, 2.45) is 0 Å². The molecule has 0 aliphatic carbocycles. The molecule has 0 aliphatic heterocycles. The third-order valence-electron chi connectivity index (χ3n) is 1.47. The molecule has 0 N–H and O–H groups in total. The van der Waals surface area contributed by atoms with E-state index in [1.54, 1.807) is 6.07 Å². The van der Waals surface area contributed by atoms with Crippen molar-refractivity contribution >= 4 is 35.5 Å². The number of esters is 1. The molecule has 0 atom stereocenters. The number of nitrogens with zero attached hydrogens (tertiary/aromatic N) is 1. The minimum absolute atomic E-state index is 0. The second-order valence-electron chi connectivity index (χ2n) is 2.30. The van der Waals surface area contributed by atoms with E-state index in [1.807, 2.05) is 0 Å². The summed E-state index contributed by atoms with van der Waals surface area (Å²) in [5, 5.41) is 9.08. The molecule has 7 heteroatoms. The van der Waals surface area contributed by atoms with Crippen LogP contribution in [0, 0.1) is 10.1 Å². The Kier molecular flexibility index (Phi) is 5.92. The molecule has 0 unspecified atom stereocenters. The van der Waals surface area contributed by atoms with E-state index in [-0.39, 0.29) is 40.9 Å². The Hall–Kier alpha value is -1.11. The van der Waals surface area contributed by atoms with E-state index in [4.69, 9.17) is 0 Å². The van der Waals surface area contributed by atoms with Crippen LogP contribution < -0.4 is 4.84 Å². The fourth-order valence-electron chi connectivity index (χ4n) is 0.905. The molecule has 1 aromatic rings. The van der Waals surface area contributed by atoms with Crippen LogP contribution in [0.2, 0.25) is 0 Å². The van der Waals surface area contributed by atoms with Gasteiger partial charge in [0.15, 0.2) is 0 Å². The van der Waals surface area contributed by atoms with Crippen LogP contribution in [-0.4, -0.2) is 47.7 Å². The maximum absolute atomic E-state index is 11.1. The summed E-state index contributed by atoms with van der Waals surface area (Å²) in [5.41, 5.74) is 0.0201. The molecule has 0 spiro atoms. The van der Waals surface area contributed by atoms with E-state index in [0.717, 1.165) is 0 Å². The van der Waals surface area contributed by atoms with Crippen molar-refractivity contribution in [3.8, 4) is 5.75 Å². The van der Waals surface area contributed by atoms with Crippen LogP contribution in [0.15, 0.2) is 24.3 Å². The SMILES string of the molecule is COC(=O)c1ccccc1O[N+](=O)[O-].[NaH]. The third-order valence-corrected chi connectivity index (χ3v) is 1.47. The second kappa shape index (κ2) is 6.39. The van der Waals surface area contributed by atoms with Gasteiger partial charge >= 0.3 is 35.5 Å². The topological polar surface area (TPSA) is 78.7 Å². The van der Waals surface area contributed by atoms with Crippen LogP contribution >= 0.6 is 0 Å². The molecular formula is C8H8NNaO5. The molecule has 0 bridgehead atoms. The third kappa shape index (κ3) is 3.86. The summed E-state index contributed by atoms with van der Waals surface area (Å²) in [5.74, 6) is -0.813. The number of ether oxygens (including phenoxy) is 1. The van der Waals surface area contributed by atoms with Crippen molar-refractivity contribution in [2.45, 2.75) is 0 Å². The standard InChI is InChI=1S/C8H7NO5.Na.H/c1-13-8(10)6-4-2-3-5-7(6)14-9(11)12;;/h2-5H,1H3;;. The molecule has 0 saturated carbocycles. The Morgan fingerprint density at radius 3 is 2.53 bits per heavy atom. The zero-order valence-electron chi connectivity index (χ0n) is 7.30. The van der Waals surface area contributed by atoms with Gasteiger partial charge in [0.1, 0.15) is 5.75 Å². The van der Waals surface area contributed by atoms with Crippen LogP contribution in [0.25, 0.3) is 0 Å². The number of carbonyl (C=O) groups excluding carboxylic acids is 1. The van der Waals surface area contributed by atoms with Gasteiger partial charge in [-0.1, -0.05) is 12.1 Å². The first-order valence-corrected chi connectivity index (χ1v) is 3.65. The first-order valence-electron chi connectivity index (χ1n) is 3.65. The van der Waals surface area contributed by atoms with Crippen molar-refractivity contribution in [3.05, 3.63) is 39.9 Å². The van der Waals surface area contributed by atoms with Gasteiger partial charge < -0.3 is 4.74 Å². The molecule has 1 aromatic carbocycles. The molecule has 0 radical (unpaired) electrons. The van der Waals surface area contributed by atoms with Gasteiger partial charge in [0.25, 0.3) is 5.09 Å². The normalized spacial score (nSPS) is 8.60. The predicted molar refractivity (Wildman–Crippen MR) is 52.6 cm³/mol. The second-order valence-corrected chi connectivity index (χ2v) is 2.30. The Balaban J connectivity index is 0.00000196. The molecule has 0 saturated heterocycles. The van der Waals surface area contributed by atoms with Crippen molar-refractivity contribution < 1.29 is 19.5 Å². The molecule has 1 rings (SSSR count). The summed E-state index contributed by atoms with van der Waals surface area (Å²) in [6.45, 7) is 0. The molecule has 0 heterocycles. The first-order chi connectivity index (χ1) is 6.65. The van der Waals surface area contributed by atoms with Crippen molar-refractivity contribution in [1.82, 2.24) is 0 Å². The van der Waals surface area contributed by atoms with Crippen LogP contribution in [0.5, 0.6) is 5.75 Å². The summed E-state index contributed by atoms with van der Waals surface area (Å²) < 4.78 is 4.42. The van der Waals surface area contributed by atoms with Gasteiger partial charge in [-0.15, -0.1) is 10.1 Å². The van der Waals surface area contributed by atoms with Gasteiger partial charge in [-0.25, -0.2) is 4.79 Å². The van der Waals surface area contributed by atoms with Crippen LogP contribution in [-0.2, 0) is 4.74 Å². The molecule has 76 valence electrons. The summed E-state index contributed by atoms with van der Waals surface area (Å²) in [6.07, 6.45) is 0. The summed E-state index contributed by atoms with van der Waals surface area (Å²) >= 11 is 0. The molecule has 0 aromatic heterocycles. The summed E-state index contributed by atoms with van der Waals surface area (Å²) in [6, 6.07) is 5.77. The Bertz CT molecular complexity index is 368. The van der Waals surface area contributed by atoms with E-state index >= 15 is 0 Å². The average Bonchev–Trinajstić information content (AvgIpc) is 2.16. The quantitative estimate of drug-likeness (QED) is 0.319. The Morgan fingerprint density at radius 2 is 2.00 bits per heavy atom. The maximum atomic E-state index is 11.1. The zero-order chi connectivity index (χ0) is 10.6. The van der Waals surface area contributed by atoms with Crippen molar-refractivity contribution in [3.63, 3.8) is 0 Å². The van der Waals surface area contributed by atoms with Crippen LogP contribution in [0.3, 0.4) is 0 Å². The molecular weight excluding hydrogens is 213 g/mol. The number of hydrogen-bond donors (Lipinski definition) is 0. The minimum atomic E-state index is -0.984. The van der Waals surface area contributed by atoms with Crippen LogP contribution in [0.4, 0.5) is 0 Å². The number of methoxy groups -OCH3 is 1. The Morgan fingerprint density at radius 1 is 1.40 bits per heavy atom. The molecule has 0 fully saturated rings. The van der Waals surface area contributed by atoms with Gasteiger partial charge in [-0.2, -0.15) is 0 Å². The average molecular weight is 221 g/mol. The van der Waals surface area contributed by atoms with E-state index < -0.39 is 11.1 Å². The predicted octanol–water partition coefficient (Wildman–Crippen LogP) is 0.395. The number of para-hydroxylation sites is 1.